The molecule has 21 heavy (non-hydrogen) atoms. The van der Waals surface area contributed by atoms with Crippen molar-refractivity contribution >= 4 is 17.5 Å². The van der Waals surface area contributed by atoms with Crippen LogP contribution in [0.15, 0.2) is 36.7 Å². The molecule has 0 saturated heterocycles. The van der Waals surface area contributed by atoms with Crippen LogP contribution < -0.4 is 5.32 Å². The van der Waals surface area contributed by atoms with Gasteiger partial charge in [-0.1, -0.05) is 43.0 Å². The van der Waals surface area contributed by atoms with Gasteiger partial charge < -0.3 is 9.88 Å². The van der Waals surface area contributed by atoms with E-state index in [-0.39, 0.29) is 6.04 Å². The first-order chi connectivity index (χ1) is 10.2. The number of imidazole rings is 1. The Morgan fingerprint density at radius 2 is 1.90 bits per heavy atom. The quantitative estimate of drug-likeness (QED) is 0.839. The molecule has 1 heterocycles. The number of rotatable bonds is 4. The van der Waals surface area contributed by atoms with Crippen molar-refractivity contribution in [3.8, 4) is 0 Å². The van der Waals surface area contributed by atoms with Crippen LogP contribution in [0.4, 0.5) is 5.95 Å². The Kier molecular flexibility index (Phi) is 4.49. The summed E-state index contributed by atoms with van der Waals surface area (Å²) in [7, 11) is 0. The molecule has 1 fully saturated rings. The Labute approximate surface area is 131 Å². The van der Waals surface area contributed by atoms with Crippen LogP contribution in [0, 0.1) is 0 Å². The number of nitrogens with one attached hydrogen (secondary N) is 1. The van der Waals surface area contributed by atoms with Gasteiger partial charge in [-0.2, -0.15) is 0 Å². The van der Waals surface area contributed by atoms with Crippen molar-refractivity contribution in [2.45, 2.75) is 51.1 Å². The van der Waals surface area contributed by atoms with Crippen molar-refractivity contribution in [2.75, 3.05) is 5.32 Å². The molecular weight excluding hydrogens is 282 g/mol. The van der Waals surface area contributed by atoms with Crippen LogP contribution in [0.25, 0.3) is 0 Å². The number of benzene rings is 1. The second-order valence-corrected chi connectivity index (χ2v) is 6.30. The van der Waals surface area contributed by atoms with E-state index in [9.17, 15) is 0 Å². The maximum atomic E-state index is 5.95. The largest absolute Gasteiger partial charge is 0.349 e. The van der Waals surface area contributed by atoms with Crippen LogP contribution in [0.3, 0.4) is 0 Å². The molecule has 1 N–H and O–H groups in total. The SMILES string of the molecule is CC(Nc1nccn1C1CCCCC1)c1ccc(Cl)cc1. The minimum Gasteiger partial charge on any atom is -0.349 e. The van der Waals surface area contributed by atoms with E-state index >= 15 is 0 Å². The van der Waals surface area contributed by atoms with Gasteiger partial charge in [-0.25, -0.2) is 4.98 Å². The van der Waals surface area contributed by atoms with Gasteiger partial charge in [0, 0.05) is 23.5 Å². The number of anilines is 1. The predicted molar refractivity (Wildman–Crippen MR) is 87.8 cm³/mol. The Morgan fingerprint density at radius 3 is 2.62 bits per heavy atom. The van der Waals surface area contributed by atoms with Crippen molar-refractivity contribution < 1.29 is 0 Å². The molecule has 0 spiro atoms. The minimum absolute atomic E-state index is 0.215. The topological polar surface area (TPSA) is 29.9 Å². The molecule has 3 nitrogen and oxygen atoms in total. The molecule has 1 unspecified atom stereocenters. The second kappa shape index (κ2) is 6.52. The summed E-state index contributed by atoms with van der Waals surface area (Å²) in [6.45, 7) is 2.16. The number of hydrogen-bond donors (Lipinski definition) is 1. The Morgan fingerprint density at radius 1 is 1.19 bits per heavy atom. The molecule has 4 heteroatoms. The third-order valence-corrected chi connectivity index (χ3v) is 4.60. The zero-order valence-electron chi connectivity index (χ0n) is 12.4. The zero-order valence-corrected chi connectivity index (χ0v) is 13.2. The van der Waals surface area contributed by atoms with Crippen LogP contribution in [0.2, 0.25) is 5.02 Å². The van der Waals surface area contributed by atoms with Gasteiger partial charge in [0.2, 0.25) is 5.95 Å². The van der Waals surface area contributed by atoms with Gasteiger partial charge in [-0.05, 0) is 37.5 Å². The monoisotopic (exact) mass is 303 g/mol. The molecule has 1 aromatic heterocycles. The average Bonchev–Trinajstić information content (AvgIpc) is 2.97. The second-order valence-electron chi connectivity index (χ2n) is 5.87. The van der Waals surface area contributed by atoms with E-state index in [0.29, 0.717) is 6.04 Å². The molecule has 1 aliphatic rings. The van der Waals surface area contributed by atoms with Gasteiger partial charge in [0.1, 0.15) is 0 Å². The van der Waals surface area contributed by atoms with Gasteiger partial charge >= 0.3 is 0 Å². The summed E-state index contributed by atoms with van der Waals surface area (Å²) in [4.78, 5) is 4.50. The fourth-order valence-corrected chi connectivity index (χ4v) is 3.23. The van der Waals surface area contributed by atoms with Gasteiger partial charge in [-0.3, -0.25) is 0 Å². The molecule has 1 aromatic carbocycles. The lowest BCUT2D eigenvalue weighted by Gasteiger charge is -2.26. The molecule has 1 atom stereocenters. The highest BCUT2D eigenvalue weighted by Crippen LogP contribution is 2.31. The van der Waals surface area contributed by atoms with Gasteiger partial charge in [0.15, 0.2) is 0 Å². The van der Waals surface area contributed by atoms with Crippen molar-refractivity contribution in [2.24, 2.45) is 0 Å². The van der Waals surface area contributed by atoms with Crippen molar-refractivity contribution in [3.05, 3.63) is 47.2 Å². The molecule has 112 valence electrons. The van der Waals surface area contributed by atoms with Crippen LogP contribution in [0.5, 0.6) is 0 Å². The smallest absolute Gasteiger partial charge is 0.203 e. The minimum atomic E-state index is 0.215. The summed E-state index contributed by atoms with van der Waals surface area (Å²) in [6.07, 6.45) is 10.6. The van der Waals surface area contributed by atoms with Crippen molar-refractivity contribution in [1.82, 2.24) is 9.55 Å². The van der Waals surface area contributed by atoms with Crippen LogP contribution >= 0.6 is 11.6 Å². The molecule has 1 aliphatic carbocycles. The van der Waals surface area contributed by atoms with E-state index in [0.717, 1.165) is 11.0 Å². The summed E-state index contributed by atoms with van der Waals surface area (Å²) in [5, 5.41) is 4.31. The van der Waals surface area contributed by atoms with Gasteiger partial charge in [0.05, 0.1) is 6.04 Å². The lowest BCUT2D eigenvalue weighted by molar-refractivity contribution is 0.355. The Balaban J connectivity index is 1.72. The third kappa shape index (κ3) is 3.41. The maximum Gasteiger partial charge on any atom is 0.203 e. The van der Waals surface area contributed by atoms with Crippen LogP contribution in [-0.4, -0.2) is 9.55 Å². The van der Waals surface area contributed by atoms with E-state index in [1.54, 1.807) is 0 Å². The highest BCUT2D eigenvalue weighted by Gasteiger charge is 2.18. The van der Waals surface area contributed by atoms with Crippen molar-refractivity contribution in [3.63, 3.8) is 0 Å². The number of hydrogen-bond acceptors (Lipinski definition) is 2. The van der Waals surface area contributed by atoms with Gasteiger partial charge in [-0.15, -0.1) is 0 Å². The zero-order chi connectivity index (χ0) is 14.7. The first kappa shape index (κ1) is 14.5. The summed E-state index contributed by atoms with van der Waals surface area (Å²) < 4.78 is 2.31. The lowest BCUT2D eigenvalue weighted by atomic mass is 9.95. The lowest BCUT2D eigenvalue weighted by Crippen LogP contribution is -2.17. The number of halogens is 1. The fourth-order valence-electron chi connectivity index (χ4n) is 3.11. The number of aromatic nitrogens is 2. The summed E-state index contributed by atoms with van der Waals surface area (Å²) in [5.41, 5.74) is 1.22. The Bertz CT molecular complexity index is 570. The molecule has 2 aromatic rings. The van der Waals surface area contributed by atoms with E-state index in [4.69, 9.17) is 11.6 Å². The summed E-state index contributed by atoms with van der Waals surface area (Å²) in [6, 6.07) is 8.81. The molecule has 0 bridgehead atoms. The fraction of sp³-hybridized carbons (Fsp3) is 0.471. The van der Waals surface area contributed by atoms with E-state index in [1.807, 2.05) is 18.3 Å². The molecule has 3 rings (SSSR count). The first-order valence-corrected chi connectivity index (χ1v) is 8.16. The predicted octanol–water partition coefficient (Wildman–Crippen LogP) is 5.21. The standard InChI is InChI=1S/C17H22ClN3/c1-13(14-7-9-15(18)10-8-14)20-17-19-11-12-21(17)16-5-3-2-4-6-16/h7-13,16H,2-6H2,1H3,(H,19,20). The highest BCUT2D eigenvalue weighted by atomic mass is 35.5. The Hall–Kier alpha value is -1.48. The summed E-state index contributed by atoms with van der Waals surface area (Å²) >= 11 is 5.95. The van der Waals surface area contributed by atoms with E-state index in [2.05, 4.69) is 40.1 Å². The van der Waals surface area contributed by atoms with E-state index < -0.39 is 0 Å². The third-order valence-electron chi connectivity index (χ3n) is 4.35. The summed E-state index contributed by atoms with van der Waals surface area (Å²) in [5.74, 6) is 0.976. The maximum absolute atomic E-state index is 5.95. The normalized spacial score (nSPS) is 17.6. The molecular formula is C17H22ClN3. The average molecular weight is 304 g/mol. The molecule has 0 radical (unpaired) electrons. The number of nitrogens with zero attached hydrogens (tertiary/aromatic N) is 2. The van der Waals surface area contributed by atoms with E-state index in [1.165, 1.54) is 37.7 Å². The molecule has 0 aliphatic heterocycles. The van der Waals surface area contributed by atoms with Crippen LogP contribution in [0.1, 0.15) is 56.7 Å². The highest BCUT2D eigenvalue weighted by molar-refractivity contribution is 6.30. The van der Waals surface area contributed by atoms with Crippen molar-refractivity contribution in [1.29, 1.82) is 0 Å². The first-order valence-electron chi connectivity index (χ1n) is 7.79. The molecule has 0 amide bonds. The molecule has 1 saturated carbocycles. The van der Waals surface area contributed by atoms with Gasteiger partial charge in [0.25, 0.3) is 0 Å². The van der Waals surface area contributed by atoms with Crippen LogP contribution in [-0.2, 0) is 0 Å².